The van der Waals surface area contributed by atoms with Crippen molar-refractivity contribution in [2.75, 3.05) is 0 Å². The quantitative estimate of drug-likeness (QED) is 0.646. The van der Waals surface area contributed by atoms with Gasteiger partial charge in [-0.05, 0) is 62.2 Å². The molecule has 1 saturated heterocycles. The van der Waals surface area contributed by atoms with Crippen molar-refractivity contribution in [2.45, 2.75) is 89.3 Å². The van der Waals surface area contributed by atoms with E-state index in [2.05, 4.69) is 0 Å². The van der Waals surface area contributed by atoms with Gasteiger partial charge in [-0.2, -0.15) is 0 Å². The normalized spacial score (nSPS) is 46.0. The van der Waals surface area contributed by atoms with Gasteiger partial charge in [0.1, 0.15) is 0 Å². The monoisotopic (exact) mass is 248 g/mol. The Morgan fingerprint density at radius 1 is 0.833 bits per heavy atom. The van der Waals surface area contributed by atoms with Crippen molar-refractivity contribution in [3.63, 3.8) is 0 Å². The Hall–Kier alpha value is -0.0400. The molecule has 0 aromatic carbocycles. The number of ether oxygens (including phenoxy) is 1. The van der Waals surface area contributed by atoms with E-state index in [0.29, 0.717) is 12.2 Å². The Balaban J connectivity index is 1.46. The molecule has 4 rings (SSSR count). The van der Waals surface area contributed by atoms with E-state index in [0.717, 1.165) is 17.3 Å². The van der Waals surface area contributed by atoms with E-state index in [1.807, 2.05) is 0 Å². The van der Waals surface area contributed by atoms with Crippen molar-refractivity contribution in [2.24, 2.45) is 17.3 Å². The fourth-order valence-corrected chi connectivity index (χ4v) is 5.62. The molecule has 4 aliphatic rings. The van der Waals surface area contributed by atoms with Crippen LogP contribution in [0.15, 0.2) is 0 Å². The predicted octanol–water partition coefficient (Wildman–Crippen LogP) is 4.69. The first kappa shape index (κ1) is 11.8. The molecule has 0 amide bonds. The van der Waals surface area contributed by atoms with Gasteiger partial charge in [0.05, 0.1) is 12.2 Å². The van der Waals surface area contributed by atoms with Gasteiger partial charge >= 0.3 is 0 Å². The molecular weight excluding hydrogens is 220 g/mol. The smallest absolute Gasteiger partial charge is 0.0870 e. The zero-order valence-electron chi connectivity index (χ0n) is 11.7. The highest BCUT2D eigenvalue weighted by Gasteiger charge is 2.52. The molecular formula is C17H28O. The van der Waals surface area contributed by atoms with Crippen molar-refractivity contribution in [3.8, 4) is 0 Å². The fourth-order valence-electron chi connectivity index (χ4n) is 5.62. The maximum atomic E-state index is 5.78. The highest BCUT2D eigenvalue weighted by molar-refractivity contribution is 5.00. The standard InChI is InChI=1S/C17H28O/c1-3-9-17(10-4-1)11-5-2-6-14(17)12-13-7-8-15-16(13)18-15/h13-16H,1-12H2. The lowest BCUT2D eigenvalue weighted by molar-refractivity contribution is 0.0283. The predicted molar refractivity (Wildman–Crippen MR) is 73.5 cm³/mol. The lowest BCUT2D eigenvalue weighted by Crippen LogP contribution is -2.37. The molecule has 1 heterocycles. The first-order chi connectivity index (χ1) is 8.87. The third kappa shape index (κ3) is 1.94. The summed E-state index contributed by atoms with van der Waals surface area (Å²) in [6, 6.07) is 0. The summed E-state index contributed by atoms with van der Waals surface area (Å²) in [6.07, 6.45) is 19.5. The molecule has 1 heteroatoms. The molecule has 1 nitrogen and oxygen atoms in total. The Labute approximate surface area is 112 Å². The molecule has 1 spiro atoms. The summed E-state index contributed by atoms with van der Waals surface area (Å²) >= 11 is 0. The number of rotatable bonds is 2. The molecule has 0 aromatic rings. The minimum atomic E-state index is 0.695. The Bertz CT molecular complexity index is 296. The number of hydrogen-bond donors (Lipinski definition) is 0. The Morgan fingerprint density at radius 3 is 2.28 bits per heavy atom. The minimum absolute atomic E-state index is 0.695. The van der Waals surface area contributed by atoms with Crippen LogP contribution >= 0.6 is 0 Å². The van der Waals surface area contributed by atoms with Gasteiger partial charge in [0.25, 0.3) is 0 Å². The second-order valence-corrected chi connectivity index (χ2v) is 7.58. The van der Waals surface area contributed by atoms with Crippen LogP contribution in [0.1, 0.15) is 77.0 Å². The van der Waals surface area contributed by atoms with Crippen molar-refractivity contribution >= 4 is 0 Å². The zero-order chi connectivity index (χ0) is 12.0. The van der Waals surface area contributed by atoms with Crippen LogP contribution < -0.4 is 0 Å². The van der Waals surface area contributed by atoms with E-state index >= 15 is 0 Å². The summed E-state index contributed by atoms with van der Waals surface area (Å²) < 4.78 is 5.78. The molecule has 3 aliphatic carbocycles. The fraction of sp³-hybridized carbons (Fsp3) is 1.00. The molecule has 0 bridgehead atoms. The minimum Gasteiger partial charge on any atom is -0.369 e. The van der Waals surface area contributed by atoms with Gasteiger partial charge in [0.15, 0.2) is 0 Å². The summed E-state index contributed by atoms with van der Waals surface area (Å²) in [6.45, 7) is 0. The summed E-state index contributed by atoms with van der Waals surface area (Å²) in [4.78, 5) is 0. The van der Waals surface area contributed by atoms with Crippen LogP contribution in [0.25, 0.3) is 0 Å². The van der Waals surface area contributed by atoms with Crippen LogP contribution in [0, 0.1) is 17.3 Å². The Morgan fingerprint density at radius 2 is 1.61 bits per heavy atom. The molecule has 1 aliphatic heterocycles. The van der Waals surface area contributed by atoms with Crippen LogP contribution in [0.4, 0.5) is 0 Å². The van der Waals surface area contributed by atoms with E-state index < -0.39 is 0 Å². The van der Waals surface area contributed by atoms with Gasteiger partial charge in [-0.25, -0.2) is 0 Å². The van der Waals surface area contributed by atoms with Crippen LogP contribution in [-0.2, 0) is 4.74 Å². The van der Waals surface area contributed by atoms with E-state index in [4.69, 9.17) is 4.74 Å². The van der Waals surface area contributed by atoms with E-state index in [-0.39, 0.29) is 0 Å². The second-order valence-electron chi connectivity index (χ2n) is 7.58. The lowest BCUT2D eigenvalue weighted by Gasteiger charge is -2.48. The highest BCUT2D eigenvalue weighted by Crippen LogP contribution is 2.55. The van der Waals surface area contributed by atoms with Crippen molar-refractivity contribution in [1.82, 2.24) is 0 Å². The van der Waals surface area contributed by atoms with Crippen molar-refractivity contribution in [3.05, 3.63) is 0 Å². The van der Waals surface area contributed by atoms with Crippen LogP contribution in [0.5, 0.6) is 0 Å². The molecule has 0 aromatic heterocycles. The molecule has 4 atom stereocenters. The average molecular weight is 248 g/mol. The summed E-state index contributed by atoms with van der Waals surface area (Å²) in [5.41, 5.74) is 0.781. The lowest BCUT2D eigenvalue weighted by atomic mass is 9.57. The highest BCUT2D eigenvalue weighted by atomic mass is 16.6. The number of epoxide rings is 1. The second kappa shape index (κ2) is 4.51. The molecule has 0 radical (unpaired) electrons. The van der Waals surface area contributed by atoms with Crippen molar-refractivity contribution < 1.29 is 4.74 Å². The van der Waals surface area contributed by atoms with Gasteiger partial charge in [0, 0.05) is 0 Å². The largest absolute Gasteiger partial charge is 0.369 e. The van der Waals surface area contributed by atoms with E-state index in [1.54, 1.807) is 19.3 Å². The average Bonchev–Trinajstić information content (AvgIpc) is 3.09. The summed E-state index contributed by atoms with van der Waals surface area (Å²) in [7, 11) is 0. The van der Waals surface area contributed by atoms with Crippen molar-refractivity contribution in [1.29, 1.82) is 0 Å². The molecule has 3 saturated carbocycles. The van der Waals surface area contributed by atoms with Gasteiger partial charge in [0.2, 0.25) is 0 Å². The van der Waals surface area contributed by atoms with Gasteiger partial charge in [-0.1, -0.05) is 32.1 Å². The van der Waals surface area contributed by atoms with Crippen LogP contribution in [0.3, 0.4) is 0 Å². The maximum Gasteiger partial charge on any atom is 0.0870 e. The third-order valence-electron chi connectivity index (χ3n) is 6.69. The van der Waals surface area contributed by atoms with Crippen LogP contribution in [0.2, 0.25) is 0 Å². The number of hydrogen-bond acceptors (Lipinski definition) is 1. The Kier molecular flexibility index (Phi) is 2.94. The van der Waals surface area contributed by atoms with E-state index in [1.165, 1.54) is 57.8 Å². The molecule has 18 heavy (non-hydrogen) atoms. The molecule has 102 valence electrons. The SMILES string of the molecule is C1CCC2(CC1)CCCCC2CC1CCC2OC12. The zero-order valence-corrected chi connectivity index (χ0v) is 11.7. The molecule has 4 unspecified atom stereocenters. The number of fused-ring (bicyclic) bond motifs is 1. The molecule has 0 N–H and O–H groups in total. The van der Waals surface area contributed by atoms with Crippen LogP contribution in [-0.4, -0.2) is 12.2 Å². The topological polar surface area (TPSA) is 12.5 Å². The van der Waals surface area contributed by atoms with Gasteiger partial charge < -0.3 is 4.74 Å². The maximum absolute atomic E-state index is 5.78. The van der Waals surface area contributed by atoms with E-state index in [9.17, 15) is 0 Å². The first-order valence-corrected chi connectivity index (χ1v) is 8.53. The first-order valence-electron chi connectivity index (χ1n) is 8.53. The van der Waals surface area contributed by atoms with Gasteiger partial charge in [-0.15, -0.1) is 0 Å². The molecule has 4 fully saturated rings. The third-order valence-corrected chi connectivity index (χ3v) is 6.69. The van der Waals surface area contributed by atoms with Gasteiger partial charge in [-0.3, -0.25) is 0 Å². The summed E-state index contributed by atoms with van der Waals surface area (Å²) in [5, 5.41) is 0. The summed E-state index contributed by atoms with van der Waals surface area (Å²) in [5.74, 6) is 2.00.